The minimum atomic E-state index is -0.00240. The van der Waals surface area contributed by atoms with Crippen molar-refractivity contribution in [3.63, 3.8) is 0 Å². The zero-order valence-corrected chi connectivity index (χ0v) is 12.7. The molecule has 0 bridgehead atoms. The van der Waals surface area contributed by atoms with E-state index >= 15 is 0 Å². The third kappa shape index (κ3) is 3.39. The second-order valence-electron chi connectivity index (χ2n) is 4.90. The predicted molar refractivity (Wildman–Crippen MR) is 79.5 cm³/mol. The number of hydrogen-bond donors (Lipinski definition) is 1. The van der Waals surface area contributed by atoms with Gasteiger partial charge in [0, 0.05) is 11.8 Å². The summed E-state index contributed by atoms with van der Waals surface area (Å²) >= 11 is 1.57. The molecule has 19 heavy (non-hydrogen) atoms. The monoisotopic (exact) mass is 276 g/mol. The number of benzene rings is 1. The molecule has 0 fully saturated rings. The lowest BCUT2D eigenvalue weighted by Gasteiger charge is -2.14. The van der Waals surface area contributed by atoms with Crippen LogP contribution in [0.4, 0.5) is 0 Å². The summed E-state index contributed by atoms with van der Waals surface area (Å²) in [6, 6.07) is 6.39. The molecule has 0 saturated carbocycles. The quantitative estimate of drug-likeness (QED) is 0.865. The topological polar surface area (TPSA) is 52.0 Å². The lowest BCUT2D eigenvalue weighted by Crippen LogP contribution is -2.14. The third-order valence-corrected chi connectivity index (χ3v) is 4.18. The maximum atomic E-state index is 6.27. The smallest absolute Gasteiger partial charge is 0.256 e. The normalized spacial score (nSPS) is 12.7. The summed E-state index contributed by atoms with van der Waals surface area (Å²) in [5.74, 6) is 1.65. The maximum Gasteiger partial charge on any atom is 0.256 e. The van der Waals surface area contributed by atoms with Crippen molar-refractivity contribution in [3.8, 4) is 0 Å². The van der Waals surface area contributed by atoms with E-state index in [0.29, 0.717) is 5.22 Å². The van der Waals surface area contributed by atoms with Gasteiger partial charge in [-0.15, -0.1) is 0 Å². The highest BCUT2D eigenvalue weighted by atomic mass is 32.2. The summed E-state index contributed by atoms with van der Waals surface area (Å²) in [5, 5.41) is 0.704. The molecule has 3 nitrogen and oxygen atoms in total. The van der Waals surface area contributed by atoms with Crippen LogP contribution in [-0.2, 0) is 0 Å². The summed E-state index contributed by atoms with van der Waals surface area (Å²) in [4.78, 5) is 4.36. The van der Waals surface area contributed by atoms with Gasteiger partial charge in [0.1, 0.15) is 5.76 Å². The summed E-state index contributed by atoms with van der Waals surface area (Å²) in [5.41, 5.74) is 10.9. The number of nitrogens with two attached hydrogens (primary N) is 1. The number of rotatable bonds is 4. The van der Waals surface area contributed by atoms with Crippen molar-refractivity contribution in [2.45, 2.75) is 39.0 Å². The van der Waals surface area contributed by atoms with E-state index in [2.05, 4.69) is 37.0 Å². The van der Waals surface area contributed by atoms with Gasteiger partial charge in [-0.2, -0.15) is 0 Å². The molecule has 1 unspecified atom stereocenters. The van der Waals surface area contributed by atoms with E-state index in [4.69, 9.17) is 10.2 Å². The summed E-state index contributed by atoms with van der Waals surface area (Å²) in [6.45, 7) is 8.06. The summed E-state index contributed by atoms with van der Waals surface area (Å²) in [7, 11) is 0. The van der Waals surface area contributed by atoms with Gasteiger partial charge in [-0.1, -0.05) is 35.5 Å². The molecule has 0 aliphatic heterocycles. The Labute approximate surface area is 118 Å². The van der Waals surface area contributed by atoms with Crippen LogP contribution in [-0.4, -0.2) is 10.7 Å². The number of thioether (sulfide) groups is 1. The highest BCUT2D eigenvalue weighted by molar-refractivity contribution is 7.99. The summed E-state index contributed by atoms with van der Waals surface area (Å²) < 4.78 is 5.55. The second-order valence-corrected chi connectivity index (χ2v) is 5.87. The van der Waals surface area contributed by atoms with Crippen LogP contribution in [0.2, 0.25) is 0 Å². The first-order valence-electron chi connectivity index (χ1n) is 6.37. The molecule has 2 aromatic rings. The zero-order valence-electron chi connectivity index (χ0n) is 11.9. The van der Waals surface area contributed by atoms with Gasteiger partial charge in [0.15, 0.2) is 0 Å². The van der Waals surface area contributed by atoms with Crippen LogP contribution in [0.1, 0.15) is 34.2 Å². The minimum absolute atomic E-state index is 0.00240. The average molecular weight is 276 g/mol. The molecular weight excluding hydrogens is 256 g/mol. The number of oxazole rings is 1. The molecule has 1 aromatic carbocycles. The Bertz CT molecular complexity index is 558. The molecule has 0 aliphatic carbocycles. The fourth-order valence-electron chi connectivity index (χ4n) is 1.92. The van der Waals surface area contributed by atoms with E-state index in [1.54, 1.807) is 11.8 Å². The van der Waals surface area contributed by atoms with Crippen molar-refractivity contribution >= 4 is 11.8 Å². The molecule has 0 aliphatic rings. The van der Waals surface area contributed by atoms with Gasteiger partial charge >= 0.3 is 0 Å². The molecule has 102 valence electrons. The molecule has 2 rings (SSSR count). The van der Waals surface area contributed by atoms with Crippen LogP contribution in [0.5, 0.6) is 0 Å². The Morgan fingerprint density at radius 3 is 2.63 bits per heavy atom. The van der Waals surface area contributed by atoms with Crippen LogP contribution in [0.25, 0.3) is 0 Å². The van der Waals surface area contributed by atoms with Crippen molar-refractivity contribution in [1.29, 1.82) is 0 Å². The molecule has 1 atom stereocenters. The molecule has 4 heteroatoms. The van der Waals surface area contributed by atoms with Gasteiger partial charge in [-0.25, -0.2) is 4.98 Å². The van der Waals surface area contributed by atoms with Gasteiger partial charge in [0.05, 0.1) is 5.69 Å². The van der Waals surface area contributed by atoms with Gasteiger partial charge in [0.2, 0.25) is 0 Å². The molecular formula is C15H20N2OS. The fraction of sp³-hybridized carbons (Fsp3) is 0.400. The van der Waals surface area contributed by atoms with Gasteiger partial charge in [-0.3, -0.25) is 0 Å². The third-order valence-electron chi connectivity index (χ3n) is 3.23. The van der Waals surface area contributed by atoms with Crippen LogP contribution < -0.4 is 5.73 Å². The first-order chi connectivity index (χ1) is 8.97. The Balaban J connectivity index is 2.04. The zero-order chi connectivity index (χ0) is 14.0. The number of hydrogen-bond acceptors (Lipinski definition) is 4. The van der Waals surface area contributed by atoms with Crippen LogP contribution in [0.3, 0.4) is 0 Å². The molecule has 0 amide bonds. The predicted octanol–water partition coefficient (Wildman–Crippen LogP) is 3.70. The van der Waals surface area contributed by atoms with Crippen molar-refractivity contribution in [2.75, 3.05) is 5.75 Å². The number of aromatic nitrogens is 1. The van der Waals surface area contributed by atoms with Crippen molar-refractivity contribution < 1.29 is 4.42 Å². The first-order valence-corrected chi connectivity index (χ1v) is 7.35. The molecule has 0 spiro atoms. The van der Waals surface area contributed by atoms with E-state index in [1.807, 2.05) is 13.8 Å². The van der Waals surface area contributed by atoms with Crippen molar-refractivity contribution in [3.05, 3.63) is 46.3 Å². The average Bonchev–Trinajstić information content (AvgIpc) is 2.69. The Morgan fingerprint density at radius 2 is 2.00 bits per heavy atom. The van der Waals surface area contributed by atoms with E-state index in [9.17, 15) is 0 Å². The SMILES string of the molecule is Cc1ccc(C)c(C(N)CSc2nc(C)c(C)o2)c1. The highest BCUT2D eigenvalue weighted by Crippen LogP contribution is 2.26. The van der Waals surface area contributed by atoms with Gasteiger partial charge in [0.25, 0.3) is 5.22 Å². The van der Waals surface area contributed by atoms with Crippen molar-refractivity contribution in [2.24, 2.45) is 5.73 Å². The molecule has 1 heterocycles. The highest BCUT2D eigenvalue weighted by Gasteiger charge is 2.12. The molecule has 2 N–H and O–H groups in total. The van der Waals surface area contributed by atoms with E-state index < -0.39 is 0 Å². The standard InChI is InChI=1S/C15H20N2OS/c1-9-5-6-10(2)13(7-9)14(16)8-19-15-17-11(3)12(4)18-15/h5-7,14H,8,16H2,1-4H3. The fourth-order valence-corrected chi connectivity index (χ4v) is 2.80. The van der Waals surface area contributed by atoms with Crippen LogP contribution in [0.15, 0.2) is 27.8 Å². The van der Waals surface area contributed by atoms with E-state index in [1.165, 1.54) is 16.7 Å². The van der Waals surface area contributed by atoms with Crippen LogP contribution in [0, 0.1) is 27.7 Å². The second kappa shape index (κ2) is 5.80. The Kier molecular flexibility index (Phi) is 4.32. The number of nitrogens with zero attached hydrogens (tertiary/aromatic N) is 1. The lowest BCUT2D eigenvalue weighted by atomic mass is 10.0. The van der Waals surface area contributed by atoms with Gasteiger partial charge in [-0.05, 0) is 38.8 Å². The minimum Gasteiger partial charge on any atom is -0.437 e. The van der Waals surface area contributed by atoms with E-state index in [-0.39, 0.29) is 6.04 Å². The maximum absolute atomic E-state index is 6.27. The summed E-state index contributed by atoms with van der Waals surface area (Å²) in [6.07, 6.45) is 0. The largest absolute Gasteiger partial charge is 0.437 e. The van der Waals surface area contributed by atoms with Gasteiger partial charge < -0.3 is 10.2 Å². The van der Waals surface area contributed by atoms with E-state index in [0.717, 1.165) is 17.2 Å². The Hall–Kier alpha value is -1.26. The number of aryl methyl sites for hydroxylation is 4. The first kappa shape index (κ1) is 14.2. The van der Waals surface area contributed by atoms with Crippen molar-refractivity contribution in [1.82, 2.24) is 4.98 Å². The lowest BCUT2D eigenvalue weighted by molar-refractivity contribution is 0.431. The Morgan fingerprint density at radius 1 is 1.26 bits per heavy atom. The van der Waals surface area contributed by atoms with Crippen LogP contribution >= 0.6 is 11.8 Å². The molecule has 1 aromatic heterocycles. The molecule has 0 saturated heterocycles. The molecule has 0 radical (unpaired) electrons.